The van der Waals surface area contributed by atoms with Gasteiger partial charge in [0.25, 0.3) is 0 Å². The van der Waals surface area contributed by atoms with Crippen LogP contribution in [-0.4, -0.2) is 194 Å². The second-order valence-electron chi connectivity index (χ2n) is 16.2. The van der Waals surface area contributed by atoms with E-state index in [4.69, 9.17) is 0 Å². The van der Waals surface area contributed by atoms with Crippen molar-refractivity contribution < 1.29 is 77.7 Å². The summed E-state index contributed by atoms with van der Waals surface area (Å²) in [7, 11) is -4.06. The number of aliphatic hydroxyl groups excluding tert-OH is 6. The number of aromatic amines is 1. The molecule has 7 amide bonds. The Balaban J connectivity index is 1.88. The van der Waals surface area contributed by atoms with E-state index >= 15 is 0 Å². The van der Waals surface area contributed by atoms with Crippen molar-refractivity contribution in [1.82, 2.24) is 41.8 Å². The Labute approximate surface area is 361 Å². The summed E-state index contributed by atoms with van der Waals surface area (Å²) < 4.78 is 26.0. The van der Waals surface area contributed by atoms with Crippen LogP contribution in [0.5, 0.6) is 0 Å². The largest absolute Gasteiger partial charge is 0.394 e. The van der Waals surface area contributed by atoms with E-state index in [-0.39, 0.29) is 10.6 Å². The van der Waals surface area contributed by atoms with Crippen molar-refractivity contribution in [2.24, 2.45) is 5.92 Å². The number of nitrogens with one attached hydrogen (secondary N) is 7. The number of nitrogens with zero attached hydrogens (tertiary/aromatic N) is 1. The highest BCUT2D eigenvalue weighted by molar-refractivity contribution is 7.90. The molecule has 10 unspecified atom stereocenters. The van der Waals surface area contributed by atoms with Gasteiger partial charge in [0, 0.05) is 30.0 Å². The Kier molecular flexibility index (Phi) is 16.4. The first kappa shape index (κ1) is 50.4. The summed E-state index contributed by atoms with van der Waals surface area (Å²) in [6.45, 7) is 1.05. The zero-order chi connectivity index (χ0) is 47.3. The molecule has 2 aliphatic rings. The molecule has 1 aromatic carbocycles. The number of fused-ring (bicyclic) bond motifs is 2. The van der Waals surface area contributed by atoms with Crippen LogP contribution < -0.4 is 31.9 Å². The number of carbonyl (C=O) groups excluding carboxylic acids is 7. The molecule has 0 spiro atoms. The van der Waals surface area contributed by atoms with Crippen LogP contribution >= 0.6 is 0 Å². The fourth-order valence-electron chi connectivity index (χ4n) is 7.24. The molecule has 0 aliphatic carbocycles. The van der Waals surface area contributed by atoms with Gasteiger partial charge in [0.15, 0.2) is 9.84 Å². The van der Waals surface area contributed by atoms with Crippen molar-refractivity contribution in [1.29, 1.82) is 0 Å². The third-order valence-electron chi connectivity index (χ3n) is 10.8. The van der Waals surface area contributed by atoms with Crippen molar-refractivity contribution in [3.63, 3.8) is 0 Å². The lowest BCUT2D eigenvalue weighted by Gasteiger charge is -2.32. The first-order valence-electron chi connectivity index (χ1n) is 19.9. The molecule has 350 valence electrons. The summed E-state index contributed by atoms with van der Waals surface area (Å²) >= 11 is 0. The second-order valence-corrected chi connectivity index (χ2v) is 18.2. The molecule has 2 aliphatic heterocycles. The third kappa shape index (κ3) is 11.7. The van der Waals surface area contributed by atoms with Gasteiger partial charge in [-0.2, -0.15) is 0 Å². The van der Waals surface area contributed by atoms with Crippen LogP contribution in [0.3, 0.4) is 0 Å². The Morgan fingerprint density at radius 3 is 1.89 bits per heavy atom. The number of carbonyl (C=O) groups is 7. The van der Waals surface area contributed by atoms with Crippen LogP contribution in [0.4, 0.5) is 0 Å². The molecule has 2 fully saturated rings. The Bertz CT molecular complexity index is 2160. The van der Waals surface area contributed by atoms with Crippen molar-refractivity contribution >= 4 is 62.1 Å². The quantitative estimate of drug-likeness (QED) is 0.105. The van der Waals surface area contributed by atoms with Crippen LogP contribution in [0.2, 0.25) is 0 Å². The maximum atomic E-state index is 14.4. The molecule has 10 atom stereocenters. The van der Waals surface area contributed by atoms with E-state index in [0.717, 1.165) is 20.1 Å². The third-order valence-corrected chi connectivity index (χ3v) is 11.9. The van der Waals surface area contributed by atoms with Gasteiger partial charge < -0.3 is 77.5 Å². The summed E-state index contributed by atoms with van der Waals surface area (Å²) in [5.74, 6) is -9.12. The van der Waals surface area contributed by atoms with Gasteiger partial charge in [-0.05, 0) is 31.4 Å². The predicted octanol–water partition coefficient (Wildman–Crippen LogP) is -6.88. The van der Waals surface area contributed by atoms with Gasteiger partial charge in [-0.25, -0.2) is 8.42 Å². The molecule has 63 heavy (non-hydrogen) atoms. The molecule has 25 heteroatoms. The summed E-state index contributed by atoms with van der Waals surface area (Å²) in [6, 6.07) is -6.42. The molecule has 3 heterocycles. The maximum absolute atomic E-state index is 14.4. The lowest BCUT2D eigenvalue weighted by molar-refractivity contribution is -0.145. The van der Waals surface area contributed by atoms with Crippen LogP contribution in [0.25, 0.3) is 10.9 Å². The minimum atomic E-state index is -4.06. The highest BCUT2D eigenvalue weighted by Crippen LogP contribution is 2.28. The van der Waals surface area contributed by atoms with Gasteiger partial charge in [0.1, 0.15) is 59.0 Å². The number of amides is 7. The number of benzene rings is 1. The van der Waals surface area contributed by atoms with Crippen molar-refractivity contribution in [3.05, 3.63) is 29.8 Å². The summed E-state index contributed by atoms with van der Waals surface area (Å²) in [6.07, 6.45) is -6.03. The standard InChI is InChI=1S/C38H56N8O16S/c1-16(2)26-33(56)45-27(18(4)50)34(57)42-24(13-47)37(59)46-12-25(51)29(52)28(46)35(58)39-17(3)30(53)40-22(31(54)41-23(32(55)44-26)11-38(60,14-48)15-49)10-20-19-8-6-7-9-21(19)43-36(20)63(5,61)62/h6-9,16-18,22-29,43,47-52,60H,10-15H2,1-5H3,(H,39,58)(H,40,53)(H,41,54)(H,42,57)(H,44,55)(H,45,56). The van der Waals surface area contributed by atoms with Gasteiger partial charge in [-0.3, -0.25) is 33.6 Å². The molecular formula is C38H56N8O16S. The van der Waals surface area contributed by atoms with E-state index in [1.165, 1.54) is 19.9 Å². The average molecular weight is 913 g/mol. The Morgan fingerprint density at radius 1 is 0.762 bits per heavy atom. The van der Waals surface area contributed by atoms with Crippen LogP contribution in [0.1, 0.15) is 39.7 Å². The zero-order valence-electron chi connectivity index (χ0n) is 35.1. The van der Waals surface area contributed by atoms with E-state index in [0.29, 0.717) is 15.8 Å². The normalized spacial score (nSPS) is 28.3. The van der Waals surface area contributed by atoms with E-state index in [2.05, 4.69) is 36.9 Å². The van der Waals surface area contributed by atoms with Gasteiger partial charge >= 0.3 is 0 Å². The summed E-state index contributed by atoms with van der Waals surface area (Å²) in [4.78, 5) is 101. The monoisotopic (exact) mass is 912 g/mol. The Morgan fingerprint density at radius 2 is 1.32 bits per heavy atom. The first-order chi connectivity index (χ1) is 29.4. The van der Waals surface area contributed by atoms with E-state index in [1.807, 2.05) is 0 Å². The Hall–Kier alpha value is -5.28. The average Bonchev–Trinajstić information content (AvgIpc) is 3.75. The fraction of sp³-hybridized carbons (Fsp3) is 0.605. The number of hydrogen-bond donors (Lipinski definition) is 14. The molecule has 0 radical (unpaired) electrons. The minimum Gasteiger partial charge on any atom is -0.394 e. The minimum absolute atomic E-state index is 0.00186. The smallest absolute Gasteiger partial charge is 0.248 e. The molecule has 2 saturated heterocycles. The number of aliphatic hydroxyl groups is 7. The van der Waals surface area contributed by atoms with Crippen LogP contribution in [0.15, 0.2) is 29.3 Å². The number of aromatic nitrogens is 1. The molecular weight excluding hydrogens is 857 g/mol. The molecule has 4 rings (SSSR count). The van der Waals surface area contributed by atoms with Gasteiger partial charge in [-0.1, -0.05) is 32.0 Å². The number of H-pyrrole nitrogens is 1. The van der Waals surface area contributed by atoms with Crippen molar-refractivity contribution in [3.8, 4) is 0 Å². The van der Waals surface area contributed by atoms with E-state index in [1.54, 1.807) is 18.2 Å². The fourth-order valence-corrected chi connectivity index (χ4v) is 8.17. The lowest BCUT2D eigenvalue weighted by atomic mass is 9.94. The maximum Gasteiger partial charge on any atom is 0.248 e. The molecule has 2 aromatic rings. The van der Waals surface area contributed by atoms with E-state index in [9.17, 15) is 77.7 Å². The summed E-state index contributed by atoms with van der Waals surface area (Å²) in [5, 5.41) is 86.8. The predicted molar refractivity (Wildman–Crippen MR) is 217 cm³/mol. The van der Waals surface area contributed by atoms with Gasteiger partial charge in [-0.15, -0.1) is 0 Å². The van der Waals surface area contributed by atoms with Crippen LogP contribution in [-0.2, 0) is 49.8 Å². The molecule has 14 N–H and O–H groups in total. The number of rotatable bonds is 10. The second kappa shape index (κ2) is 20.5. The highest BCUT2D eigenvalue weighted by Gasteiger charge is 2.49. The number of hydrogen-bond acceptors (Lipinski definition) is 16. The van der Waals surface area contributed by atoms with Crippen molar-refractivity contribution in [2.75, 3.05) is 32.6 Å². The molecule has 24 nitrogen and oxygen atoms in total. The van der Waals surface area contributed by atoms with E-state index < -0.39 is 163 Å². The lowest BCUT2D eigenvalue weighted by Crippen LogP contribution is -2.63. The summed E-state index contributed by atoms with van der Waals surface area (Å²) in [5.41, 5.74) is -2.12. The first-order valence-corrected chi connectivity index (χ1v) is 21.8. The topological polar surface area (TPSA) is 386 Å². The highest BCUT2D eigenvalue weighted by atomic mass is 32.2. The number of para-hydroxylation sites is 1. The number of sulfone groups is 1. The molecule has 0 bridgehead atoms. The molecule has 0 saturated carbocycles. The van der Waals surface area contributed by atoms with Gasteiger partial charge in [0.2, 0.25) is 41.4 Å². The SMILES string of the molecule is CC1NC(=O)C2C(O)C(O)CN2C(=O)C(CO)NC(=O)C(C(C)O)NC(=O)C(C(C)C)NC(=O)C(CC(O)(CO)CO)NC(=O)C(Cc2c(S(C)(=O)=O)[nH]c3ccccc23)NC1=O. The molecule has 1 aromatic heterocycles. The van der Waals surface area contributed by atoms with Crippen molar-refractivity contribution in [2.45, 2.75) is 112 Å². The van der Waals surface area contributed by atoms with Crippen LogP contribution in [0, 0.1) is 5.92 Å². The van der Waals surface area contributed by atoms with Gasteiger partial charge in [0.05, 0.1) is 38.6 Å². The zero-order valence-corrected chi connectivity index (χ0v) is 35.9.